The molecule has 0 aliphatic heterocycles. The normalized spacial score (nSPS) is 13.2. The van der Waals surface area contributed by atoms with Crippen molar-refractivity contribution in [3.05, 3.63) is 35.4 Å². The monoisotopic (exact) mass is 260 g/mol. The van der Waals surface area contributed by atoms with Crippen molar-refractivity contribution in [3.8, 4) is 0 Å². The van der Waals surface area contributed by atoms with E-state index in [9.17, 15) is 18.0 Å². The van der Waals surface area contributed by atoms with E-state index in [1.165, 1.54) is 7.11 Å². The molecule has 0 aromatic heterocycles. The predicted octanol–water partition coefficient (Wildman–Crippen LogP) is 3.14. The van der Waals surface area contributed by atoms with Crippen LogP contribution in [0.1, 0.15) is 18.1 Å². The molecule has 1 rings (SSSR count). The molecule has 100 valence electrons. The van der Waals surface area contributed by atoms with Gasteiger partial charge in [-0.1, -0.05) is 31.2 Å². The lowest BCUT2D eigenvalue weighted by atomic mass is 9.99. The average molecular weight is 260 g/mol. The number of hydrogen-bond donors (Lipinski definition) is 0. The molecular formula is C13H15F3O2. The smallest absolute Gasteiger partial charge is 0.391 e. The van der Waals surface area contributed by atoms with E-state index in [2.05, 4.69) is 4.74 Å². The van der Waals surface area contributed by atoms with Gasteiger partial charge < -0.3 is 4.74 Å². The number of halogens is 3. The zero-order valence-electron chi connectivity index (χ0n) is 10.3. The third-order valence-electron chi connectivity index (χ3n) is 2.70. The van der Waals surface area contributed by atoms with Crippen LogP contribution in [0, 0.1) is 5.92 Å². The van der Waals surface area contributed by atoms with E-state index in [1.54, 1.807) is 24.3 Å². The topological polar surface area (TPSA) is 26.3 Å². The van der Waals surface area contributed by atoms with Gasteiger partial charge in [0.25, 0.3) is 0 Å². The second-order valence-corrected chi connectivity index (χ2v) is 4.22. The SMILES string of the molecule is COC(=O)Cc1ccc(CC(C)C(F)(F)F)cc1. The summed E-state index contributed by atoms with van der Waals surface area (Å²) < 4.78 is 41.6. The highest BCUT2D eigenvalue weighted by Gasteiger charge is 2.35. The summed E-state index contributed by atoms with van der Waals surface area (Å²) in [6, 6.07) is 6.52. The summed E-state index contributed by atoms with van der Waals surface area (Å²) in [5, 5.41) is 0. The Balaban J connectivity index is 2.63. The van der Waals surface area contributed by atoms with E-state index in [1.807, 2.05) is 0 Å². The zero-order chi connectivity index (χ0) is 13.8. The van der Waals surface area contributed by atoms with Crippen molar-refractivity contribution >= 4 is 5.97 Å². The zero-order valence-corrected chi connectivity index (χ0v) is 10.3. The number of methoxy groups -OCH3 is 1. The van der Waals surface area contributed by atoms with Crippen LogP contribution in [0.3, 0.4) is 0 Å². The van der Waals surface area contributed by atoms with E-state index >= 15 is 0 Å². The first-order valence-corrected chi connectivity index (χ1v) is 5.54. The molecule has 0 saturated heterocycles. The van der Waals surface area contributed by atoms with E-state index in [-0.39, 0.29) is 18.8 Å². The van der Waals surface area contributed by atoms with Crippen LogP contribution in [-0.2, 0) is 22.4 Å². The second kappa shape index (κ2) is 5.89. The van der Waals surface area contributed by atoms with Gasteiger partial charge in [0.15, 0.2) is 0 Å². The van der Waals surface area contributed by atoms with Gasteiger partial charge in [0.05, 0.1) is 19.4 Å². The molecule has 2 nitrogen and oxygen atoms in total. The molecule has 0 fully saturated rings. The molecule has 0 bridgehead atoms. The minimum absolute atomic E-state index is 0.0536. The van der Waals surface area contributed by atoms with Gasteiger partial charge >= 0.3 is 12.1 Å². The van der Waals surface area contributed by atoms with Crippen LogP contribution in [0.2, 0.25) is 0 Å². The van der Waals surface area contributed by atoms with E-state index < -0.39 is 12.1 Å². The number of carbonyl (C=O) groups is 1. The predicted molar refractivity (Wildman–Crippen MR) is 61.1 cm³/mol. The molecule has 1 aromatic rings. The molecule has 0 amide bonds. The first-order valence-electron chi connectivity index (χ1n) is 5.54. The minimum Gasteiger partial charge on any atom is -0.469 e. The van der Waals surface area contributed by atoms with Gasteiger partial charge in [0.2, 0.25) is 0 Å². The summed E-state index contributed by atoms with van der Waals surface area (Å²) in [4.78, 5) is 11.0. The standard InChI is InChI=1S/C13H15F3O2/c1-9(13(14,15)16)7-10-3-5-11(6-4-10)8-12(17)18-2/h3-6,9H,7-8H2,1-2H3. The third kappa shape index (κ3) is 4.39. The Morgan fingerprint density at radius 1 is 1.22 bits per heavy atom. The van der Waals surface area contributed by atoms with Crippen molar-refractivity contribution in [3.63, 3.8) is 0 Å². The van der Waals surface area contributed by atoms with Gasteiger partial charge in [0.1, 0.15) is 0 Å². The molecule has 5 heteroatoms. The van der Waals surface area contributed by atoms with Gasteiger partial charge in [-0.2, -0.15) is 13.2 Å². The lowest BCUT2D eigenvalue weighted by Gasteiger charge is -2.15. The van der Waals surface area contributed by atoms with Crippen molar-refractivity contribution in [2.75, 3.05) is 7.11 Å². The highest BCUT2D eigenvalue weighted by atomic mass is 19.4. The minimum atomic E-state index is -4.18. The average Bonchev–Trinajstić information content (AvgIpc) is 2.30. The lowest BCUT2D eigenvalue weighted by Crippen LogP contribution is -2.21. The van der Waals surface area contributed by atoms with E-state index in [4.69, 9.17) is 0 Å². The molecule has 0 aliphatic rings. The Morgan fingerprint density at radius 2 is 1.72 bits per heavy atom. The number of hydrogen-bond acceptors (Lipinski definition) is 2. The second-order valence-electron chi connectivity index (χ2n) is 4.22. The lowest BCUT2D eigenvalue weighted by molar-refractivity contribution is -0.169. The van der Waals surface area contributed by atoms with Crippen molar-refractivity contribution in [2.45, 2.75) is 25.9 Å². The van der Waals surface area contributed by atoms with E-state index in [0.717, 1.165) is 12.5 Å². The number of benzene rings is 1. The third-order valence-corrected chi connectivity index (χ3v) is 2.70. The van der Waals surface area contributed by atoms with Gasteiger partial charge in [0, 0.05) is 0 Å². The molecule has 0 radical (unpaired) electrons. The first kappa shape index (κ1) is 14.5. The van der Waals surface area contributed by atoms with Crippen molar-refractivity contribution < 1.29 is 22.7 Å². The number of carbonyl (C=O) groups excluding carboxylic acids is 1. The van der Waals surface area contributed by atoms with Crippen LogP contribution < -0.4 is 0 Å². The van der Waals surface area contributed by atoms with Gasteiger partial charge in [-0.15, -0.1) is 0 Å². The molecule has 0 saturated carbocycles. The Hall–Kier alpha value is -1.52. The van der Waals surface area contributed by atoms with Crippen LogP contribution in [0.15, 0.2) is 24.3 Å². The van der Waals surface area contributed by atoms with Crippen LogP contribution in [-0.4, -0.2) is 19.3 Å². The summed E-state index contributed by atoms with van der Waals surface area (Å²) in [6.07, 6.45) is -4.10. The van der Waals surface area contributed by atoms with Crippen LogP contribution in [0.4, 0.5) is 13.2 Å². The maximum atomic E-state index is 12.4. The number of esters is 1. The van der Waals surface area contributed by atoms with Crippen LogP contribution in [0.25, 0.3) is 0 Å². The number of alkyl halides is 3. The molecule has 0 heterocycles. The summed E-state index contributed by atoms with van der Waals surface area (Å²) in [5.74, 6) is -1.74. The molecule has 0 aliphatic carbocycles. The Bertz CT molecular complexity index is 396. The maximum absolute atomic E-state index is 12.4. The Labute approximate surface area is 104 Å². The summed E-state index contributed by atoms with van der Waals surface area (Å²) in [6.45, 7) is 1.16. The van der Waals surface area contributed by atoms with Gasteiger partial charge in [-0.25, -0.2) is 0 Å². The molecule has 18 heavy (non-hydrogen) atoms. The molecule has 0 N–H and O–H groups in total. The van der Waals surface area contributed by atoms with Crippen molar-refractivity contribution in [2.24, 2.45) is 5.92 Å². The summed E-state index contributed by atoms with van der Waals surface area (Å²) in [7, 11) is 1.29. The van der Waals surface area contributed by atoms with Crippen molar-refractivity contribution in [1.29, 1.82) is 0 Å². The fourth-order valence-electron chi connectivity index (χ4n) is 1.50. The molecule has 0 spiro atoms. The highest BCUT2D eigenvalue weighted by molar-refractivity contribution is 5.72. The summed E-state index contributed by atoms with van der Waals surface area (Å²) in [5.41, 5.74) is 1.33. The Morgan fingerprint density at radius 3 is 2.17 bits per heavy atom. The number of rotatable bonds is 4. The molecular weight excluding hydrogens is 245 g/mol. The Kier molecular flexibility index (Phi) is 4.76. The largest absolute Gasteiger partial charge is 0.469 e. The number of ether oxygens (including phenoxy) is 1. The van der Waals surface area contributed by atoms with Gasteiger partial charge in [-0.3, -0.25) is 4.79 Å². The molecule has 1 aromatic carbocycles. The fraction of sp³-hybridized carbons (Fsp3) is 0.462. The quantitative estimate of drug-likeness (QED) is 0.777. The first-order chi connectivity index (χ1) is 8.32. The van der Waals surface area contributed by atoms with Crippen LogP contribution in [0.5, 0.6) is 0 Å². The fourth-order valence-corrected chi connectivity index (χ4v) is 1.50. The molecule has 1 unspecified atom stereocenters. The van der Waals surface area contributed by atoms with Crippen molar-refractivity contribution in [1.82, 2.24) is 0 Å². The summed E-state index contributed by atoms with van der Waals surface area (Å²) >= 11 is 0. The van der Waals surface area contributed by atoms with Gasteiger partial charge in [-0.05, 0) is 17.5 Å². The van der Waals surface area contributed by atoms with E-state index in [0.29, 0.717) is 5.56 Å². The maximum Gasteiger partial charge on any atom is 0.391 e. The van der Waals surface area contributed by atoms with Crippen LogP contribution >= 0.6 is 0 Å². The molecule has 1 atom stereocenters. The highest BCUT2D eigenvalue weighted by Crippen LogP contribution is 2.28.